The summed E-state index contributed by atoms with van der Waals surface area (Å²) in [5, 5.41) is 18.6. The standard InChI is InChI=1S/C16H14F2N2O6/c1-2-3-26-8-5-6(4-7(17)12(8)18)9-10(15(22)23)13(19)20-14(21)11(9)16(24)25/h4-5H,2-3H2,1H3,(H,22,23)(H,24,25)(H3,19,20,21). The van der Waals surface area contributed by atoms with Crippen LogP contribution in [-0.4, -0.2) is 33.7 Å². The molecule has 0 amide bonds. The normalized spacial score (nSPS) is 10.6. The second kappa shape index (κ2) is 7.21. The van der Waals surface area contributed by atoms with Crippen LogP contribution in [0, 0.1) is 11.6 Å². The van der Waals surface area contributed by atoms with Crippen molar-refractivity contribution in [2.45, 2.75) is 13.3 Å². The first-order valence-corrected chi connectivity index (χ1v) is 7.33. The number of aromatic nitrogens is 1. The quantitative estimate of drug-likeness (QED) is 0.611. The fourth-order valence-electron chi connectivity index (χ4n) is 2.36. The van der Waals surface area contributed by atoms with Crippen LogP contribution in [0.1, 0.15) is 34.1 Å². The summed E-state index contributed by atoms with van der Waals surface area (Å²) in [6.07, 6.45) is 0.476. The summed E-state index contributed by atoms with van der Waals surface area (Å²) in [6, 6.07) is 1.49. The van der Waals surface area contributed by atoms with Gasteiger partial charge in [0.15, 0.2) is 11.6 Å². The number of nitrogen functional groups attached to an aromatic ring is 1. The van der Waals surface area contributed by atoms with Gasteiger partial charge in [0.05, 0.1) is 6.61 Å². The van der Waals surface area contributed by atoms with Gasteiger partial charge in [-0.2, -0.15) is 4.39 Å². The second-order valence-corrected chi connectivity index (χ2v) is 5.22. The molecule has 0 radical (unpaired) electrons. The number of aromatic carboxylic acids is 2. The number of carbonyl (C=O) groups is 2. The summed E-state index contributed by atoms with van der Waals surface area (Å²) < 4.78 is 32.9. The third-order valence-electron chi connectivity index (χ3n) is 3.42. The van der Waals surface area contributed by atoms with E-state index in [1.807, 2.05) is 4.98 Å². The number of halogens is 2. The maximum absolute atomic E-state index is 14.0. The smallest absolute Gasteiger partial charge is 0.342 e. The van der Waals surface area contributed by atoms with Gasteiger partial charge in [-0.05, 0) is 24.1 Å². The maximum Gasteiger partial charge on any atom is 0.342 e. The molecule has 0 bridgehead atoms. The molecule has 0 aliphatic rings. The number of rotatable bonds is 6. The Balaban J connectivity index is 2.91. The molecule has 0 atom stereocenters. The van der Waals surface area contributed by atoms with Gasteiger partial charge in [0, 0.05) is 5.56 Å². The van der Waals surface area contributed by atoms with Crippen LogP contribution >= 0.6 is 0 Å². The Morgan fingerprint density at radius 3 is 2.35 bits per heavy atom. The van der Waals surface area contributed by atoms with E-state index in [9.17, 15) is 33.4 Å². The van der Waals surface area contributed by atoms with Crippen LogP contribution in [0.25, 0.3) is 11.1 Å². The maximum atomic E-state index is 14.0. The molecule has 138 valence electrons. The average molecular weight is 368 g/mol. The van der Waals surface area contributed by atoms with Gasteiger partial charge in [-0.25, -0.2) is 14.0 Å². The zero-order valence-corrected chi connectivity index (χ0v) is 13.4. The Hall–Kier alpha value is -3.43. The number of hydrogen-bond acceptors (Lipinski definition) is 5. The van der Waals surface area contributed by atoms with E-state index in [0.29, 0.717) is 12.5 Å². The lowest BCUT2D eigenvalue weighted by Crippen LogP contribution is -2.24. The van der Waals surface area contributed by atoms with Crippen molar-refractivity contribution in [3.05, 3.63) is 45.2 Å². The Bertz CT molecular complexity index is 955. The van der Waals surface area contributed by atoms with E-state index < -0.39 is 57.4 Å². The third-order valence-corrected chi connectivity index (χ3v) is 3.42. The Labute approximate surface area is 144 Å². The van der Waals surface area contributed by atoms with Crippen LogP contribution in [0.4, 0.5) is 14.6 Å². The van der Waals surface area contributed by atoms with E-state index in [4.69, 9.17) is 10.5 Å². The molecule has 8 nitrogen and oxygen atoms in total. The lowest BCUT2D eigenvalue weighted by Gasteiger charge is -2.14. The van der Waals surface area contributed by atoms with E-state index in [1.54, 1.807) is 6.92 Å². The van der Waals surface area contributed by atoms with Gasteiger partial charge in [0.2, 0.25) is 5.82 Å². The van der Waals surface area contributed by atoms with Crippen molar-refractivity contribution >= 4 is 17.8 Å². The van der Waals surface area contributed by atoms with Crippen molar-refractivity contribution in [2.75, 3.05) is 12.3 Å². The molecule has 10 heteroatoms. The summed E-state index contributed by atoms with van der Waals surface area (Å²) in [5.41, 5.74) is 1.56. The molecule has 0 saturated heterocycles. The molecule has 0 aliphatic heterocycles. The van der Waals surface area contributed by atoms with Crippen LogP contribution < -0.4 is 16.0 Å². The lowest BCUT2D eigenvalue weighted by molar-refractivity contribution is 0.0695. The first-order chi connectivity index (χ1) is 12.2. The molecular weight excluding hydrogens is 354 g/mol. The first-order valence-electron chi connectivity index (χ1n) is 7.33. The van der Waals surface area contributed by atoms with E-state index >= 15 is 0 Å². The highest BCUT2D eigenvalue weighted by atomic mass is 19.2. The number of anilines is 1. The molecule has 2 aromatic rings. The number of H-pyrrole nitrogens is 1. The zero-order valence-electron chi connectivity index (χ0n) is 13.4. The van der Waals surface area contributed by atoms with Crippen LogP contribution in [0.15, 0.2) is 16.9 Å². The number of pyridine rings is 1. The fraction of sp³-hybridized carbons (Fsp3) is 0.188. The summed E-state index contributed by atoms with van der Waals surface area (Å²) in [5.74, 6) is -7.31. The van der Waals surface area contributed by atoms with Gasteiger partial charge in [-0.3, -0.25) is 4.79 Å². The number of nitrogens with two attached hydrogens (primary N) is 1. The van der Waals surface area contributed by atoms with Crippen molar-refractivity contribution in [1.29, 1.82) is 0 Å². The third kappa shape index (κ3) is 3.34. The molecule has 0 unspecified atom stereocenters. The molecule has 0 fully saturated rings. The monoisotopic (exact) mass is 368 g/mol. The molecule has 0 aliphatic carbocycles. The number of carboxylic acid groups (broad SMARTS) is 2. The van der Waals surface area contributed by atoms with Crippen LogP contribution in [0.3, 0.4) is 0 Å². The Morgan fingerprint density at radius 2 is 1.81 bits per heavy atom. The van der Waals surface area contributed by atoms with Gasteiger partial charge in [-0.1, -0.05) is 6.92 Å². The number of hydrogen-bond donors (Lipinski definition) is 4. The summed E-state index contributed by atoms with van der Waals surface area (Å²) in [6.45, 7) is 1.76. The van der Waals surface area contributed by atoms with Crippen molar-refractivity contribution in [1.82, 2.24) is 4.98 Å². The first kappa shape index (κ1) is 18.9. The summed E-state index contributed by atoms with van der Waals surface area (Å²) in [4.78, 5) is 36.8. The van der Waals surface area contributed by atoms with Crippen LogP contribution in [0.5, 0.6) is 5.75 Å². The fourth-order valence-corrected chi connectivity index (χ4v) is 2.36. The lowest BCUT2D eigenvalue weighted by atomic mass is 9.95. The molecule has 0 saturated carbocycles. The minimum atomic E-state index is -1.76. The van der Waals surface area contributed by atoms with E-state index in [2.05, 4.69) is 0 Å². The summed E-state index contributed by atoms with van der Waals surface area (Å²) in [7, 11) is 0. The van der Waals surface area contributed by atoms with Gasteiger partial charge < -0.3 is 25.7 Å². The number of ether oxygens (including phenoxy) is 1. The molecule has 1 heterocycles. The topological polar surface area (TPSA) is 143 Å². The second-order valence-electron chi connectivity index (χ2n) is 5.22. The van der Waals surface area contributed by atoms with Crippen molar-refractivity contribution in [2.24, 2.45) is 0 Å². The van der Waals surface area contributed by atoms with Crippen LogP contribution in [-0.2, 0) is 0 Å². The SMILES string of the molecule is CCCOc1cc(-c2c(C(=O)O)c(N)[nH]c(=O)c2C(=O)O)cc(F)c1F. The van der Waals surface area contributed by atoms with Gasteiger partial charge in [0.25, 0.3) is 5.56 Å². The molecule has 1 aromatic carbocycles. The number of carboxylic acids is 2. The Morgan fingerprint density at radius 1 is 1.19 bits per heavy atom. The predicted octanol–water partition coefficient (Wildman–Crippen LogP) is 2.09. The van der Waals surface area contributed by atoms with E-state index in [1.165, 1.54) is 0 Å². The highest BCUT2D eigenvalue weighted by Gasteiger charge is 2.28. The van der Waals surface area contributed by atoms with Crippen molar-refractivity contribution < 1.29 is 33.3 Å². The molecule has 5 N–H and O–H groups in total. The molecule has 1 aromatic heterocycles. The molecule has 2 rings (SSSR count). The molecule has 26 heavy (non-hydrogen) atoms. The molecule has 0 spiro atoms. The average Bonchev–Trinajstić information content (AvgIpc) is 2.54. The van der Waals surface area contributed by atoms with Gasteiger partial charge >= 0.3 is 11.9 Å². The summed E-state index contributed by atoms with van der Waals surface area (Å²) >= 11 is 0. The van der Waals surface area contributed by atoms with Crippen molar-refractivity contribution in [3.8, 4) is 16.9 Å². The van der Waals surface area contributed by atoms with E-state index in [-0.39, 0.29) is 12.2 Å². The minimum absolute atomic E-state index is 0.0366. The van der Waals surface area contributed by atoms with Gasteiger partial charge in [-0.15, -0.1) is 0 Å². The van der Waals surface area contributed by atoms with Crippen molar-refractivity contribution in [3.63, 3.8) is 0 Å². The number of benzene rings is 1. The zero-order chi connectivity index (χ0) is 19.6. The molecular formula is C16H14F2N2O6. The van der Waals surface area contributed by atoms with Gasteiger partial charge in [0.1, 0.15) is 16.9 Å². The minimum Gasteiger partial charge on any atom is -0.490 e. The van der Waals surface area contributed by atoms with Crippen LogP contribution in [0.2, 0.25) is 0 Å². The number of nitrogens with one attached hydrogen (secondary N) is 1. The largest absolute Gasteiger partial charge is 0.490 e. The number of aromatic amines is 1. The predicted molar refractivity (Wildman–Crippen MR) is 86.5 cm³/mol. The Kier molecular flexibility index (Phi) is 5.24. The highest BCUT2D eigenvalue weighted by molar-refractivity contribution is 6.07. The highest BCUT2D eigenvalue weighted by Crippen LogP contribution is 2.34. The van der Waals surface area contributed by atoms with E-state index in [0.717, 1.165) is 6.07 Å².